The fourth-order valence-corrected chi connectivity index (χ4v) is 2.11. The van der Waals surface area contributed by atoms with Crippen molar-refractivity contribution in [2.45, 2.75) is 26.9 Å². The van der Waals surface area contributed by atoms with Gasteiger partial charge in [0, 0.05) is 5.33 Å². The molecule has 0 atom stereocenters. The zero-order chi connectivity index (χ0) is 14.3. The van der Waals surface area contributed by atoms with Gasteiger partial charge in [0.2, 0.25) is 0 Å². The molecule has 0 aliphatic rings. The molecule has 1 rings (SSSR count). The second-order valence-corrected chi connectivity index (χ2v) is 4.37. The summed E-state index contributed by atoms with van der Waals surface area (Å²) in [6, 6.07) is 4.95. The van der Waals surface area contributed by atoms with Crippen LogP contribution in [0.25, 0.3) is 6.08 Å². The molecule has 2 nitrogen and oxygen atoms in total. The molecule has 0 aliphatic carbocycles. The molecule has 0 radical (unpaired) electrons. The van der Waals surface area contributed by atoms with Crippen LogP contribution in [0.3, 0.4) is 0 Å². The normalized spacial score (nSPS) is 11.8. The lowest BCUT2D eigenvalue weighted by molar-refractivity contribution is -0.0514. The van der Waals surface area contributed by atoms with Crippen LogP contribution >= 0.6 is 15.9 Å². The van der Waals surface area contributed by atoms with Crippen molar-refractivity contribution in [1.29, 1.82) is 0 Å². The minimum Gasteiger partial charge on any atom is -0.490 e. The van der Waals surface area contributed by atoms with E-state index in [1.807, 2.05) is 6.08 Å². The van der Waals surface area contributed by atoms with E-state index in [2.05, 4.69) is 27.6 Å². The first-order chi connectivity index (χ1) is 9.10. The smallest absolute Gasteiger partial charge is 0.387 e. The summed E-state index contributed by atoms with van der Waals surface area (Å²) in [5.74, 6) is 0.396. The molecule has 0 unspecified atom stereocenters. The van der Waals surface area contributed by atoms with Gasteiger partial charge in [-0.05, 0) is 31.0 Å². The van der Waals surface area contributed by atoms with Crippen molar-refractivity contribution in [1.82, 2.24) is 0 Å². The van der Waals surface area contributed by atoms with Crippen molar-refractivity contribution in [3.05, 3.63) is 29.3 Å². The molecule has 5 heteroatoms. The molecule has 0 saturated carbocycles. The average molecular weight is 335 g/mol. The Morgan fingerprint density at radius 1 is 1.32 bits per heavy atom. The summed E-state index contributed by atoms with van der Waals surface area (Å²) in [6.45, 7) is 1.40. The number of allylic oxidation sites excluding steroid dienone is 1. The number of hydrogen-bond acceptors (Lipinski definition) is 2. The molecule has 1 aromatic rings. The molecule has 106 valence electrons. The molecule has 0 fully saturated rings. The second-order valence-electron chi connectivity index (χ2n) is 3.81. The molecule has 0 aromatic heterocycles. The fourth-order valence-electron chi connectivity index (χ4n) is 1.55. The maximum absolute atomic E-state index is 12.3. The van der Waals surface area contributed by atoms with E-state index in [1.165, 1.54) is 11.6 Å². The van der Waals surface area contributed by atoms with E-state index < -0.39 is 6.61 Å². The van der Waals surface area contributed by atoms with E-state index >= 15 is 0 Å². The van der Waals surface area contributed by atoms with Crippen LogP contribution in [0.4, 0.5) is 8.78 Å². The van der Waals surface area contributed by atoms with Gasteiger partial charge < -0.3 is 9.47 Å². The summed E-state index contributed by atoms with van der Waals surface area (Å²) < 4.78 is 34.3. The standard InChI is InChI=1S/C14H17BrF2O2/c1-3-10(9-15)7-11-5-6-12(19-14(16)17)13(8-11)18-4-2/h5-8,14H,3-4,9H2,1-2H3. The Labute approximate surface area is 120 Å². The summed E-state index contributed by atoms with van der Waals surface area (Å²) in [5, 5.41) is 0.781. The van der Waals surface area contributed by atoms with Crippen molar-refractivity contribution in [2.24, 2.45) is 0 Å². The van der Waals surface area contributed by atoms with Gasteiger partial charge in [-0.1, -0.05) is 40.6 Å². The lowest BCUT2D eigenvalue weighted by atomic mass is 10.1. The van der Waals surface area contributed by atoms with Crippen LogP contribution in [0, 0.1) is 0 Å². The summed E-state index contributed by atoms with van der Waals surface area (Å²) in [6.07, 6.45) is 2.92. The topological polar surface area (TPSA) is 18.5 Å². The number of hydrogen-bond donors (Lipinski definition) is 0. The number of ether oxygens (including phenoxy) is 2. The van der Waals surface area contributed by atoms with Gasteiger partial charge in [-0.25, -0.2) is 0 Å². The first kappa shape index (κ1) is 16.0. The van der Waals surface area contributed by atoms with Gasteiger partial charge in [0.05, 0.1) is 6.61 Å². The van der Waals surface area contributed by atoms with Crippen LogP contribution in [-0.4, -0.2) is 18.5 Å². The SMILES string of the molecule is CCOc1cc(C=C(CC)CBr)ccc1OC(F)F. The van der Waals surface area contributed by atoms with Crippen molar-refractivity contribution in [3.63, 3.8) is 0 Å². The zero-order valence-corrected chi connectivity index (χ0v) is 12.5. The molecular weight excluding hydrogens is 318 g/mol. The van der Waals surface area contributed by atoms with E-state index in [0.717, 1.165) is 17.3 Å². The van der Waals surface area contributed by atoms with Gasteiger partial charge in [0.1, 0.15) is 0 Å². The van der Waals surface area contributed by atoms with Crippen LogP contribution in [0.5, 0.6) is 11.5 Å². The van der Waals surface area contributed by atoms with E-state index in [4.69, 9.17) is 4.74 Å². The molecule has 1 aromatic carbocycles. The van der Waals surface area contributed by atoms with Crippen molar-refractivity contribution < 1.29 is 18.3 Å². The average Bonchev–Trinajstić information content (AvgIpc) is 2.38. The van der Waals surface area contributed by atoms with Gasteiger partial charge in [-0.2, -0.15) is 8.78 Å². The van der Waals surface area contributed by atoms with E-state index in [1.54, 1.807) is 19.1 Å². The Hall–Kier alpha value is -1.10. The first-order valence-corrected chi connectivity index (χ1v) is 7.19. The van der Waals surface area contributed by atoms with Crippen LogP contribution in [0.1, 0.15) is 25.8 Å². The number of halogens is 3. The van der Waals surface area contributed by atoms with E-state index in [9.17, 15) is 8.78 Å². The molecule has 0 spiro atoms. The Morgan fingerprint density at radius 3 is 2.58 bits per heavy atom. The maximum atomic E-state index is 12.3. The summed E-state index contributed by atoms with van der Waals surface area (Å²) in [7, 11) is 0. The third-order valence-corrected chi connectivity index (χ3v) is 3.20. The zero-order valence-electron chi connectivity index (χ0n) is 11.0. The van der Waals surface area contributed by atoms with Crippen molar-refractivity contribution >= 4 is 22.0 Å². The summed E-state index contributed by atoms with van der Waals surface area (Å²) in [4.78, 5) is 0. The Balaban J connectivity index is 3.04. The molecule has 0 bridgehead atoms. The minimum absolute atomic E-state index is 0.0610. The molecule has 0 aliphatic heterocycles. The van der Waals surface area contributed by atoms with E-state index in [-0.39, 0.29) is 5.75 Å². The lowest BCUT2D eigenvalue weighted by Gasteiger charge is -2.12. The summed E-state index contributed by atoms with van der Waals surface area (Å²) in [5.41, 5.74) is 2.12. The summed E-state index contributed by atoms with van der Waals surface area (Å²) >= 11 is 3.41. The highest BCUT2D eigenvalue weighted by molar-refractivity contribution is 9.09. The number of rotatable bonds is 7. The Morgan fingerprint density at radius 2 is 2.05 bits per heavy atom. The maximum Gasteiger partial charge on any atom is 0.387 e. The first-order valence-electron chi connectivity index (χ1n) is 6.07. The van der Waals surface area contributed by atoms with Crippen molar-refractivity contribution in [3.8, 4) is 11.5 Å². The Bertz CT molecular complexity index is 427. The third kappa shape index (κ3) is 5.19. The highest BCUT2D eigenvalue weighted by Crippen LogP contribution is 2.30. The third-order valence-electron chi connectivity index (χ3n) is 2.48. The highest BCUT2D eigenvalue weighted by Gasteiger charge is 2.11. The van der Waals surface area contributed by atoms with Crippen LogP contribution in [0.2, 0.25) is 0 Å². The number of benzene rings is 1. The number of alkyl halides is 3. The van der Waals surface area contributed by atoms with E-state index in [0.29, 0.717) is 12.4 Å². The van der Waals surface area contributed by atoms with Gasteiger partial charge in [-0.15, -0.1) is 0 Å². The van der Waals surface area contributed by atoms with Crippen LogP contribution in [0.15, 0.2) is 23.8 Å². The minimum atomic E-state index is -2.85. The predicted molar refractivity (Wildman–Crippen MR) is 76.3 cm³/mol. The lowest BCUT2D eigenvalue weighted by Crippen LogP contribution is -2.04. The van der Waals surface area contributed by atoms with Gasteiger partial charge in [0.15, 0.2) is 11.5 Å². The molecular formula is C14H17BrF2O2. The van der Waals surface area contributed by atoms with Gasteiger partial charge in [0.25, 0.3) is 0 Å². The largest absolute Gasteiger partial charge is 0.490 e. The fraction of sp³-hybridized carbons (Fsp3) is 0.429. The molecule has 19 heavy (non-hydrogen) atoms. The Kier molecular flexibility index (Phi) is 6.84. The quantitative estimate of drug-likeness (QED) is 0.662. The van der Waals surface area contributed by atoms with Crippen molar-refractivity contribution in [2.75, 3.05) is 11.9 Å². The highest BCUT2D eigenvalue weighted by atomic mass is 79.9. The predicted octanol–water partition coefficient (Wildman–Crippen LogP) is 4.88. The van der Waals surface area contributed by atoms with Gasteiger partial charge >= 0.3 is 6.61 Å². The van der Waals surface area contributed by atoms with Crippen LogP contribution < -0.4 is 9.47 Å². The molecule has 0 amide bonds. The monoisotopic (exact) mass is 334 g/mol. The van der Waals surface area contributed by atoms with Gasteiger partial charge in [-0.3, -0.25) is 0 Å². The van der Waals surface area contributed by atoms with Crippen LogP contribution in [-0.2, 0) is 0 Å². The molecule has 0 saturated heterocycles. The second kappa shape index (κ2) is 8.15. The molecule has 0 N–H and O–H groups in total. The molecule has 0 heterocycles.